The van der Waals surface area contributed by atoms with E-state index in [1.54, 1.807) is 24.3 Å². The molecule has 0 fully saturated rings. The van der Waals surface area contributed by atoms with Crippen LogP contribution in [-0.4, -0.2) is 23.1 Å². The number of hydrogen-bond donors (Lipinski definition) is 1. The number of nitrogens with zero attached hydrogens (tertiary/aromatic N) is 1. The number of phenolic OH excluding ortho intramolecular Hbond substituents is 1. The van der Waals surface area contributed by atoms with E-state index in [1.165, 1.54) is 5.57 Å². The van der Waals surface area contributed by atoms with Crippen molar-refractivity contribution in [3.8, 4) is 11.5 Å². The van der Waals surface area contributed by atoms with E-state index < -0.39 is 0 Å². The van der Waals surface area contributed by atoms with E-state index in [-0.39, 0.29) is 5.75 Å². The van der Waals surface area contributed by atoms with Crippen molar-refractivity contribution in [1.82, 2.24) is 4.90 Å². The Morgan fingerprint density at radius 3 is 2.39 bits per heavy atom. The van der Waals surface area contributed by atoms with Crippen LogP contribution in [0.5, 0.6) is 11.5 Å². The first kappa shape index (κ1) is 12.8. The summed E-state index contributed by atoms with van der Waals surface area (Å²) in [6.07, 6.45) is 1.11. The van der Waals surface area contributed by atoms with Crippen LogP contribution in [-0.2, 0) is 0 Å². The van der Waals surface area contributed by atoms with Gasteiger partial charge in [-0.15, -0.1) is 0 Å². The zero-order valence-electron chi connectivity index (χ0n) is 11.5. The highest BCUT2D eigenvalue weighted by molar-refractivity contribution is 5.32. The van der Waals surface area contributed by atoms with Crippen molar-refractivity contribution in [2.75, 3.05) is 7.05 Å². The van der Waals surface area contributed by atoms with Crippen LogP contribution in [0, 0.1) is 5.92 Å². The van der Waals surface area contributed by atoms with E-state index >= 15 is 0 Å². The smallest absolute Gasteiger partial charge is 0.195 e. The van der Waals surface area contributed by atoms with Gasteiger partial charge >= 0.3 is 0 Å². The van der Waals surface area contributed by atoms with E-state index in [9.17, 15) is 5.11 Å². The molecule has 1 aromatic rings. The molecule has 18 heavy (non-hydrogen) atoms. The summed E-state index contributed by atoms with van der Waals surface area (Å²) in [5.41, 5.74) is 1.29. The van der Waals surface area contributed by atoms with Crippen LogP contribution in [0.2, 0.25) is 0 Å². The van der Waals surface area contributed by atoms with Crippen LogP contribution >= 0.6 is 0 Å². The molecule has 0 bridgehead atoms. The number of rotatable bonds is 3. The largest absolute Gasteiger partial charge is 0.508 e. The lowest BCUT2D eigenvalue weighted by molar-refractivity contribution is 0.202. The van der Waals surface area contributed by atoms with Gasteiger partial charge in [-0.25, -0.2) is 0 Å². The minimum absolute atomic E-state index is 0.257. The fraction of sp³-hybridized carbons (Fsp3) is 0.467. The highest BCUT2D eigenvalue weighted by atomic mass is 16.5. The molecule has 3 heteroatoms. The number of hydrogen-bond acceptors (Lipinski definition) is 3. The summed E-state index contributed by atoms with van der Waals surface area (Å²) in [6, 6.07) is 7.36. The molecule has 2 unspecified atom stereocenters. The highest BCUT2D eigenvalue weighted by Gasteiger charge is 2.33. The van der Waals surface area contributed by atoms with Crippen molar-refractivity contribution in [2.45, 2.75) is 33.2 Å². The Morgan fingerprint density at radius 2 is 1.89 bits per heavy atom. The summed E-state index contributed by atoms with van der Waals surface area (Å²) in [6.45, 7) is 6.58. The zero-order valence-corrected chi connectivity index (χ0v) is 11.5. The predicted octanol–water partition coefficient (Wildman–Crippen LogP) is 3.36. The molecule has 0 aromatic heterocycles. The Labute approximate surface area is 109 Å². The van der Waals surface area contributed by atoms with Crippen molar-refractivity contribution in [1.29, 1.82) is 0 Å². The van der Waals surface area contributed by atoms with Gasteiger partial charge in [0.25, 0.3) is 0 Å². The summed E-state index contributed by atoms with van der Waals surface area (Å²) < 4.78 is 5.95. The Kier molecular flexibility index (Phi) is 3.50. The van der Waals surface area contributed by atoms with E-state index in [2.05, 4.69) is 32.7 Å². The van der Waals surface area contributed by atoms with Gasteiger partial charge in [-0.1, -0.05) is 13.8 Å². The average Bonchev–Trinajstić information content (AvgIpc) is 2.56. The molecule has 1 aliphatic rings. The lowest BCUT2D eigenvalue weighted by atomic mass is 9.96. The molecule has 1 aliphatic heterocycles. The third-order valence-corrected chi connectivity index (χ3v) is 3.88. The number of phenols is 1. The summed E-state index contributed by atoms with van der Waals surface area (Å²) in [4.78, 5) is 2.22. The van der Waals surface area contributed by atoms with Crippen LogP contribution in [0.1, 0.15) is 27.2 Å². The van der Waals surface area contributed by atoms with E-state index in [1.807, 2.05) is 0 Å². The Hall–Kier alpha value is -1.64. The Bertz CT molecular complexity index is 450. The summed E-state index contributed by atoms with van der Waals surface area (Å²) in [5.74, 6) is 2.48. The van der Waals surface area contributed by atoms with Crippen molar-refractivity contribution >= 4 is 0 Å². The van der Waals surface area contributed by atoms with Crippen molar-refractivity contribution < 1.29 is 9.84 Å². The first-order valence-electron chi connectivity index (χ1n) is 6.45. The molecule has 2 rings (SSSR count). The third-order valence-electron chi connectivity index (χ3n) is 3.88. The minimum Gasteiger partial charge on any atom is -0.508 e. The first-order chi connectivity index (χ1) is 8.54. The zero-order chi connectivity index (χ0) is 13.3. The predicted molar refractivity (Wildman–Crippen MR) is 72.4 cm³/mol. The van der Waals surface area contributed by atoms with Gasteiger partial charge in [0.2, 0.25) is 0 Å². The SMILES string of the molecule is CCC1C(C)C(C)=C(Oc2ccc(O)cc2)N1C. The minimum atomic E-state index is 0.257. The van der Waals surface area contributed by atoms with Crippen LogP contribution in [0.25, 0.3) is 0 Å². The molecular formula is C15H21NO2. The average molecular weight is 247 g/mol. The van der Waals surface area contributed by atoms with E-state index in [0.717, 1.165) is 18.1 Å². The maximum absolute atomic E-state index is 9.27. The second kappa shape index (κ2) is 4.92. The molecule has 1 heterocycles. The van der Waals surface area contributed by atoms with Crippen molar-refractivity contribution in [2.24, 2.45) is 5.92 Å². The van der Waals surface area contributed by atoms with Gasteiger partial charge in [-0.05, 0) is 43.2 Å². The maximum Gasteiger partial charge on any atom is 0.195 e. The number of benzene rings is 1. The van der Waals surface area contributed by atoms with E-state index in [0.29, 0.717) is 12.0 Å². The van der Waals surface area contributed by atoms with Crippen LogP contribution in [0.3, 0.4) is 0 Å². The summed E-state index contributed by atoms with van der Waals surface area (Å²) >= 11 is 0. The van der Waals surface area contributed by atoms with Crippen molar-refractivity contribution in [3.05, 3.63) is 35.7 Å². The van der Waals surface area contributed by atoms with Gasteiger partial charge in [-0.2, -0.15) is 0 Å². The summed E-state index contributed by atoms with van der Waals surface area (Å²) in [7, 11) is 2.08. The Balaban J connectivity index is 2.20. The molecule has 0 saturated heterocycles. The molecule has 98 valence electrons. The quantitative estimate of drug-likeness (QED) is 0.889. The van der Waals surface area contributed by atoms with Gasteiger partial charge < -0.3 is 14.7 Å². The lowest BCUT2D eigenvalue weighted by Gasteiger charge is -2.25. The highest BCUT2D eigenvalue weighted by Crippen LogP contribution is 2.35. The lowest BCUT2D eigenvalue weighted by Crippen LogP contribution is -2.30. The monoisotopic (exact) mass is 247 g/mol. The molecular weight excluding hydrogens is 226 g/mol. The van der Waals surface area contributed by atoms with Crippen LogP contribution < -0.4 is 4.74 Å². The molecule has 3 nitrogen and oxygen atoms in total. The normalized spacial score (nSPS) is 23.7. The van der Waals surface area contributed by atoms with E-state index in [4.69, 9.17) is 4.74 Å². The number of ether oxygens (including phenoxy) is 1. The van der Waals surface area contributed by atoms with Gasteiger partial charge in [-0.3, -0.25) is 0 Å². The Morgan fingerprint density at radius 1 is 1.28 bits per heavy atom. The van der Waals surface area contributed by atoms with Crippen LogP contribution in [0.15, 0.2) is 35.7 Å². The van der Waals surface area contributed by atoms with Gasteiger partial charge in [0.05, 0.1) is 0 Å². The standard InChI is InChI=1S/C15H21NO2/c1-5-14-10(2)11(3)15(16(14)4)18-13-8-6-12(17)7-9-13/h6-10,14,17H,5H2,1-4H3. The second-order valence-corrected chi connectivity index (χ2v) is 4.96. The number of aromatic hydroxyl groups is 1. The topological polar surface area (TPSA) is 32.7 Å². The molecule has 1 aromatic carbocycles. The van der Waals surface area contributed by atoms with Gasteiger partial charge in [0.1, 0.15) is 11.5 Å². The molecule has 0 amide bonds. The van der Waals surface area contributed by atoms with Crippen LogP contribution in [0.4, 0.5) is 0 Å². The fourth-order valence-electron chi connectivity index (χ4n) is 2.65. The molecule has 1 N–H and O–H groups in total. The van der Waals surface area contributed by atoms with Gasteiger partial charge in [0.15, 0.2) is 5.88 Å². The summed E-state index contributed by atoms with van der Waals surface area (Å²) in [5, 5.41) is 9.27. The first-order valence-corrected chi connectivity index (χ1v) is 6.45. The van der Waals surface area contributed by atoms with Gasteiger partial charge in [0, 0.05) is 19.0 Å². The molecule has 0 saturated carbocycles. The molecule has 0 spiro atoms. The van der Waals surface area contributed by atoms with Crippen molar-refractivity contribution in [3.63, 3.8) is 0 Å². The maximum atomic E-state index is 9.27. The second-order valence-electron chi connectivity index (χ2n) is 4.96. The molecule has 2 atom stereocenters. The molecule has 0 radical (unpaired) electrons. The fourth-order valence-corrected chi connectivity index (χ4v) is 2.65. The molecule has 0 aliphatic carbocycles. The third kappa shape index (κ3) is 2.17.